The lowest BCUT2D eigenvalue weighted by Gasteiger charge is -2.30. The second-order valence-electron chi connectivity index (χ2n) is 4.99. The van der Waals surface area contributed by atoms with Crippen molar-refractivity contribution in [1.82, 2.24) is 10.2 Å². The van der Waals surface area contributed by atoms with E-state index in [0.717, 1.165) is 42.9 Å². The molecule has 0 amide bonds. The highest BCUT2D eigenvalue weighted by Crippen LogP contribution is 2.21. The highest BCUT2D eigenvalue weighted by molar-refractivity contribution is 5.77. The van der Waals surface area contributed by atoms with Gasteiger partial charge in [0.2, 0.25) is 0 Å². The highest BCUT2D eigenvalue weighted by atomic mass is 19.1. The molecule has 1 aliphatic heterocycles. The Balaban J connectivity index is 1.78. The Morgan fingerprint density at radius 2 is 2.33 bits per heavy atom. The molecule has 0 bridgehead atoms. The molecular weight excluding hydrogens is 231 g/mol. The molecule has 4 heteroatoms. The van der Waals surface area contributed by atoms with Crippen molar-refractivity contribution in [3.8, 4) is 0 Å². The maximum Gasteiger partial charge on any atom is 0.134 e. The van der Waals surface area contributed by atoms with Crippen molar-refractivity contribution in [1.29, 1.82) is 0 Å². The smallest absolute Gasteiger partial charge is 0.134 e. The summed E-state index contributed by atoms with van der Waals surface area (Å²) >= 11 is 0. The molecule has 3 rings (SSSR count). The summed E-state index contributed by atoms with van der Waals surface area (Å²) in [5.74, 6) is 0.690. The average Bonchev–Trinajstić information content (AvgIpc) is 2.70. The molecule has 1 saturated heterocycles. The van der Waals surface area contributed by atoms with E-state index in [1.165, 1.54) is 12.1 Å². The summed E-state index contributed by atoms with van der Waals surface area (Å²) in [6.45, 7) is 6.03. The van der Waals surface area contributed by atoms with Crippen LogP contribution in [0.4, 0.5) is 4.39 Å². The predicted octanol–water partition coefficient (Wildman–Crippen LogP) is 2.37. The molecule has 18 heavy (non-hydrogen) atoms. The Morgan fingerprint density at radius 1 is 1.44 bits per heavy atom. The van der Waals surface area contributed by atoms with Gasteiger partial charge in [0, 0.05) is 31.1 Å². The van der Waals surface area contributed by atoms with Gasteiger partial charge in [-0.2, -0.15) is 0 Å². The summed E-state index contributed by atoms with van der Waals surface area (Å²) in [6.07, 6.45) is 0. The molecule has 2 aromatic rings. The molecule has 1 aromatic heterocycles. The first kappa shape index (κ1) is 11.7. The van der Waals surface area contributed by atoms with Crippen LogP contribution in [0.1, 0.15) is 12.7 Å². The first-order chi connectivity index (χ1) is 8.70. The third-order valence-corrected chi connectivity index (χ3v) is 3.36. The van der Waals surface area contributed by atoms with Crippen LogP contribution in [0.25, 0.3) is 11.0 Å². The van der Waals surface area contributed by atoms with E-state index in [-0.39, 0.29) is 5.82 Å². The predicted molar refractivity (Wildman–Crippen MR) is 68.9 cm³/mol. The van der Waals surface area contributed by atoms with Crippen LogP contribution in [0.5, 0.6) is 0 Å². The SMILES string of the molecule is C[C@H]1CN(Cc2cc3cc(F)ccc3o2)CCN1. The average molecular weight is 248 g/mol. The van der Waals surface area contributed by atoms with Crippen LogP contribution in [-0.2, 0) is 6.54 Å². The van der Waals surface area contributed by atoms with Crippen LogP contribution >= 0.6 is 0 Å². The van der Waals surface area contributed by atoms with E-state index in [9.17, 15) is 4.39 Å². The fourth-order valence-corrected chi connectivity index (χ4v) is 2.52. The maximum atomic E-state index is 13.1. The van der Waals surface area contributed by atoms with Crippen LogP contribution in [0, 0.1) is 5.82 Å². The Morgan fingerprint density at radius 3 is 3.17 bits per heavy atom. The Labute approximate surface area is 106 Å². The first-order valence-electron chi connectivity index (χ1n) is 6.34. The summed E-state index contributed by atoms with van der Waals surface area (Å²) in [7, 11) is 0. The normalized spacial score (nSPS) is 21.6. The van der Waals surface area contributed by atoms with E-state index < -0.39 is 0 Å². The lowest BCUT2D eigenvalue weighted by molar-refractivity contribution is 0.188. The fraction of sp³-hybridized carbons (Fsp3) is 0.429. The lowest BCUT2D eigenvalue weighted by Crippen LogP contribution is -2.48. The molecule has 1 fully saturated rings. The van der Waals surface area contributed by atoms with Crippen molar-refractivity contribution >= 4 is 11.0 Å². The van der Waals surface area contributed by atoms with Gasteiger partial charge in [-0.1, -0.05) is 0 Å². The van der Waals surface area contributed by atoms with Gasteiger partial charge in [0.05, 0.1) is 6.54 Å². The molecule has 3 nitrogen and oxygen atoms in total. The zero-order valence-corrected chi connectivity index (χ0v) is 10.4. The summed E-state index contributed by atoms with van der Waals surface area (Å²) in [5, 5.41) is 4.25. The molecule has 0 unspecified atom stereocenters. The summed E-state index contributed by atoms with van der Waals surface area (Å²) < 4.78 is 18.8. The van der Waals surface area contributed by atoms with Gasteiger partial charge in [-0.25, -0.2) is 4.39 Å². The minimum Gasteiger partial charge on any atom is -0.460 e. The molecule has 0 radical (unpaired) electrons. The van der Waals surface area contributed by atoms with Gasteiger partial charge in [0.25, 0.3) is 0 Å². The number of rotatable bonds is 2. The molecule has 1 aromatic carbocycles. The van der Waals surface area contributed by atoms with Gasteiger partial charge in [-0.05, 0) is 31.2 Å². The van der Waals surface area contributed by atoms with E-state index in [4.69, 9.17) is 4.42 Å². The van der Waals surface area contributed by atoms with Gasteiger partial charge in [-0.15, -0.1) is 0 Å². The Hall–Kier alpha value is -1.39. The molecule has 96 valence electrons. The number of hydrogen-bond acceptors (Lipinski definition) is 3. The number of nitrogens with one attached hydrogen (secondary N) is 1. The Kier molecular flexibility index (Phi) is 3.06. The van der Waals surface area contributed by atoms with Gasteiger partial charge in [0.15, 0.2) is 0 Å². The quantitative estimate of drug-likeness (QED) is 0.884. The zero-order valence-electron chi connectivity index (χ0n) is 10.4. The molecule has 1 N–H and O–H groups in total. The summed E-state index contributed by atoms with van der Waals surface area (Å²) in [5.41, 5.74) is 0.759. The summed E-state index contributed by atoms with van der Waals surface area (Å²) in [4.78, 5) is 2.36. The van der Waals surface area contributed by atoms with Gasteiger partial charge in [0.1, 0.15) is 17.2 Å². The van der Waals surface area contributed by atoms with Crippen LogP contribution in [0.15, 0.2) is 28.7 Å². The first-order valence-corrected chi connectivity index (χ1v) is 6.34. The van der Waals surface area contributed by atoms with E-state index in [2.05, 4.69) is 17.1 Å². The molecule has 0 aliphatic carbocycles. The zero-order chi connectivity index (χ0) is 12.5. The maximum absolute atomic E-state index is 13.1. The number of hydrogen-bond donors (Lipinski definition) is 1. The highest BCUT2D eigenvalue weighted by Gasteiger charge is 2.17. The molecule has 2 heterocycles. The van der Waals surface area contributed by atoms with Crippen molar-refractivity contribution in [2.24, 2.45) is 0 Å². The van der Waals surface area contributed by atoms with E-state index in [0.29, 0.717) is 6.04 Å². The van der Waals surface area contributed by atoms with Crippen LogP contribution in [0.2, 0.25) is 0 Å². The Bertz CT molecular complexity index is 552. The van der Waals surface area contributed by atoms with Crippen molar-refractivity contribution < 1.29 is 8.81 Å². The number of benzene rings is 1. The second kappa shape index (κ2) is 4.71. The topological polar surface area (TPSA) is 28.4 Å². The monoisotopic (exact) mass is 248 g/mol. The molecule has 0 saturated carbocycles. The minimum absolute atomic E-state index is 0.217. The van der Waals surface area contributed by atoms with E-state index >= 15 is 0 Å². The van der Waals surface area contributed by atoms with Crippen LogP contribution in [-0.4, -0.2) is 30.6 Å². The van der Waals surface area contributed by atoms with Crippen LogP contribution in [0.3, 0.4) is 0 Å². The third kappa shape index (κ3) is 2.40. The van der Waals surface area contributed by atoms with Crippen molar-refractivity contribution in [3.63, 3.8) is 0 Å². The van der Waals surface area contributed by atoms with E-state index in [1.54, 1.807) is 6.07 Å². The lowest BCUT2D eigenvalue weighted by atomic mass is 10.2. The molecule has 1 aliphatic rings. The van der Waals surface area contributed by atoms with Gasteiger partial charge < -0.3 is 9.73 Å². The van der Waals surface area contributed by atoms with E-state index in [1.807, 2.05) is 6.07 Å². The number of furan rings is 1. The number of nitrogens with zero attached hydrogens (tertiary/aromatic N) is 1. The summed E-state index contributed by atoms with van der Waals surface area (Å²) in [6, 6.07) is 7.09. The number of halogens is 1. The molecule has 1 atom stereocenters. The molecule has 0 spiro atoms. The fourth-order valence-electron chi connectivity index (χ4n) is 2.52. The standard InChI is InChI=1S/C14H17FN2O/c1-10-8-17(5-4-16-10)9-13-7-11-6-12(15)2-3-14(11)18-13/h2-3,6-7,10,16H,4-5,8-9H2,1H3/t10-/m0/s1. The van der Waals surface area contributed by atoms with Crippen molar-refractivity contribution in [2.45, 2.75) is 19.5 Å². The number of fused-ring (bicyclic) bond motifs is 1. The van der Waals surface area contributed by atoms with Gasteiger partial charge >= 0.3 is 0 Å². The largest absolute Gasteiger partial charge is 0.460 e. The van der Waals surface area contributed by atoms with Crippen molar-refractivity contribution in [3.05, 3.63) is 35.8 Å². The minimum atomic E-state index is -0.217. The van der Waals surface area contributed by atoms with Gasteiger partial charge in [-0.3, -0.25) is 4.90 Å². The van der Waals surface area contributed by atoms with Crippen molar-refractivity contribution in [2.75, 3.05) is 19.6 Å². The number of piperazine rings is 1. The third-order valence-electron chi connectivity index (χ3n) is 3.36. The second-order valence-corrected chi connectivity index (χ2v) is 4.99. The molecular formula is C14H17FN2O. The van der Waals surface area contributed by atoms with Crippen LogP contribution < -0.4 is 5.32 Å².